The maximum Gasteiger partial charge on any atom is 0.410 e. The second kappa shape index (κ2) is 16.9. The maximum atomic E-state index is 13.9. The lowest BCUT2D eigenvalue weighted by Gasteiger charge is -2.32. The van der Waals surface area contributed by atoms with E-state index in [1.54, 1.807) is 84.4 Å². The molecule has 0 radical (unpaired) electrons. The van der Waals surface area contributed by atoms with E-state index in [2.05, 4.69) is 0 Å². The molecule has 252 valence electrons. The minimum atomic E-state index is -0.758. The van der Waals surface area contributed by atoms with Crippen molar-refractivity contribution in [2.24, 2.45) is 0 Å². The van der Waals surface area contributed by atoms with Crippen LogP contribution in [0.1, 0.15) is 73.6 Å². The summed E-state index contributed by atoms with van der Waals surface area (Å²) in [6.45, 7) is 7.58. The Labute approximate surface area is 273 Å². The van der Waals surface area contributed by atoms with E-state index in [1.165, 1.54) is 12.0 Å². The number of fused-ring (bicyclic) bond motifs is 1. The SMILES string of the molecule is COc1ccccc1C(=O)N(C)CCC[C@H]1C(=O)N(C)CCCCN(C(=O)OC(C)(C)C)CCCOc2ccccc2C(=O)N1C. The van der Waals surface area contributed by atoms with Crippen LogP contribution in [0.2, 0.25) is 0 Å². The van der Waals surface area contributed by atoms with Crippen LogP contribution >= 0.6 is 0 Å². The minimum Gasteiger partial charge on any atom is -0.496 e. The lowest BCUT2D eigenvalue weighted by molar-refractivity contribution is -0.134. The van der Waals surface area contributed by atoms with Crippen LogP contribution in [0.5, 0.6) is 11.5 Å². The van der Waals surface area contributed by atoms with E-state index in [0.29, 0.717) is 87.5 Å². The van der Waals surface area contributed by atoms with Gasteiger partial charge in [0, 0.05) is 47.3 Å². The lowest BCUT2D eigenvalue weighted by atomic mass is 10.1. The Hall–Kier alpha value is -4.28. The molecule has 1 aliphatic heterocycles. The summed E-state index contributed by atoms with van der Waals surface area (Å²) in [6, 6.07) is 13.3. The fourth-order valence-corrected chi connectivity index (χ4v) is 5.31. The zero-order valence-corrected chi connectivity index (χ0v) is 28.4. The summed E-state index contributed by atoms with van der Waals surface area (Å²) in [7, 11) is 6.61. The van der Waals surface area contributed by atoms with Gasteiger partial charge in [-0.25, -0.2) is 4.79 Å². The smallest absolute Gasteiger partial charge is 0.410 e. The topological polar surface area (TPSA) is 109 Å². The predicted octanol–water partition coefficient (Wildman–Crippen LogP) is 4.95. The zero-order valence-electron chi connectivity index (χ0n) is 28.4. The van der Waals surface area contributed by atoms with Gasteiger partial charge in [-0.1, -0.05) is 24.3 Å². The number of para-hydroxylation sites is 2. The molecule has 0 saturated heterocycles. The normalized spacial score (nSPS) is 17.2. The second-order valence-electron chi connectivity index (χ2n) is 12.6. The number of rotatable bonds is 6. The summed E-state index contributed by atoms with van der Waals surface area (Å²) in [5.74, 6) is 0.202. The van der Waals surface area contributed by atoms with Gasteiger partial charge in [-0.3, -0.25) is 14.4 Å². The molecule has 0 spiro atoms. The highest BCUT2D eigenvalue weighted by molar-refractivity contribution is 5.99. The first-order valence-corrected chi connectivity index (χ1v) is 15.9. The van der Waals surface area contributed by atoms with E-state index in [9.17, 15) is 19.2 Å². The zero-order chi connectivity index (χ0) is 33.9. The van der Waals surface area contributed by atoms with Gasteiger partial charge in [0.1, 0.15) is 23.1 Å². The first-order chi connectivity index (χ1) is 21.8. The Kier molecular flexibility index (Phi) is 13.3. The van der Waals surface area contributed by atoms with Crippen LogP contribution in [0.15, 0.2) is 48.5 Å². The second-order valence-corrected chi connectivity index (χ2v) is 12.6. The molecule has 1 atom stereocenters. The highest BCUT2D eigenvalue weighted by Gasteiger charge is 2.31. The third-order valence-electron chi connectivity index (χ3n) is 7.87. The summed E-state index contributed by atoms with van der Waals surface area (Å²) in [5.41, 5.74) is 0.193. The molecular formula is C35H50N4O7. The van der Waals surface area contributed by atoms with E-state index in [-0.39, 0.29) is 23.8 Å². The summed E-state index contributed by atoms with van der Waals surface area (Å²) >= 11 is 0. The highest BCUT2D eigenvalue weighted by Crippen LogP contribution is 2.24. The van der Waals surface area contributed by atoms with Crippen LogP contribution in [0.25, 0.3) is 0 Å². The number of carbonyl (C=O) groups excluding carboxylic acids is 4. The first-order valence-electron chi connectivity index (χ1n) is 15.9. The van der Waals surface area contributed by atoms with Gasteiger partial charge in [-0.15, -0.1) is 0 Å². The van der Waals surface area contributed by atoms with Crippen LogP contribution in [-0.2, 0) is 9.53 Å². The van der Waals surface area contributed by atoms with E-state index in [0.717, 1.165) is 0 Å². The average Bonchev–Trinajstić information content (AvgIpc) is 3.03. The Bertz CT molecular complexity index is 1340. The van der Waals surface area contributed by atoms with Crippen molar-refractivity contribution in [3.05, 3.63) is 59.7 Å². The van der Waals surface area contributed by atoms with Crippen molar-refractivity contribution in [1.29, 1.82) is 0 Å². The van der Waals surface area contributed by atoms with Gasteiger partial charge in [-0.05, 0) is 77.1 Å². The van der Waals surface area contributed by atoms with Crippen LogP contribution in [0.3, 0.4) is 0 Å². The number of hydrogen-bond donors (Lipinski definition) is 0. The van der Waals surface area contributed by atoms with Crippen molar-refractivity contribution in [3.63, 3.8) is 0 Å². The van der Waals surface area contributed by atoms with E-state index in [4.69, 9.17) is 14.2 Å². The number of ether oxygens (including phenoxy) is 3. The third kappa shape index (κ3) is 10.1. The monoisotopic (exact) mass is 638 g/mol. The Morgan fingerprint density at radius 1 is 0.957 bits per heavy atom. The van der Waals surface area contributed by atoms with Gasteiger partial charge in [0.15, 0.2) is 0 Å². The molecule has 0 N–H and O–H groups in total. The maximum absolute atomic E-state index is 13.9. The molecule has 1 heterocycles. The summed E-state index contributed by atoms with van der Waals surface area (Å²) in [6.07, 6.45) is 2.35. The molecule has 0 fully saturated rings. The highest BCUT2D eigenvalue weighted by atomic mass is 16.6. The van der Waals surface area contributed by atoms with Crippen molar-refractivity contribution in [2.45, 2.75) is 64.5 Å². The molecule has 11 nitrogen and oxygen atoms in total. The molecule has 2 aromatic carbocycles. The number of likely N-dealkylation sites (N-methyl/N-ethyl adjacent to an activating group) is 2. The third-order valence-corrected chi connectivity index (χ3v) is 7.87. The molecule has 3 rings (SSSR count). The van der Waals surface area contributed by atoms with Crippen LogP contribution in [0, 0.1) is 0 Å². The standard InChI is InChI=1S/C35H50N4O7/c1-35(2,3)46-34(43)39-23-13-12-21-37(5)33(42)28(18-14-22-36(4)31(40)26-16-8-10-19-29(26)44-7)38(6)32(41)27-17-9-11-20-30(27)45-25-15-24-39/h8-11,16-17,19-20,28H,12-15,18,21-25H2,1-7H3/t28-/m0/s1. The molecule has 11 heteroatoms. The largest absolute Gasteiger partial charge is 0.496 e. The van der Waals surface area contributed by atoms with Gasteiger partial charge >= 0.3 is 6.09 Å². The molecule has 46 heavy (non-hydrogen) atoms. The summed E-state index contributed by atoms with van der Waals surface area (Å²) < 4.78 is 17.0. The number of nitrogens with zero attached hydrogens (tertiary/aromatic N) is 4. The summed E-state index contributed by atoms with van der Waals surface area (Å²) in [4.78, 5) is 60.2. The number of amides is 4. The Morgan fingerprint density at radius 3 is 2.33 bits per heavy atom. The van der Waals surface area contributed by atoms with Crippen LogP contribution in [-0.4, -0.2) is 116 Å². The van der Waals surface area contributed by atoms with Gasteiger partial charge in [-0.2, -0.15) is 0 Å². The van der Waals surface area contributed by atoms with Gasteiger partial charge in [0.2, 0.25) is 5.91 Å². The van der Waals surface area contributed by atoms with E-state index < -0.39 is 11.6 Å². The predicted molar refractivity (Wildman–Crippen MR) is 176 cm³/mol. The fourth-order valence-electron chi connectivity index (χ4n) is 5.31. The quantitative estimate of drug-likeness (QED) is 0.441. The van der Waals surface area contributed by atoms with Crippen molar-refractivity contribution >= 4 is 23.8 Å². The van der Waals surface area contributed by atoms with Gasteiger partial charge < -0.3 is 33.8 Å². The molecule has 0 saturated carbocycles. The Balaban J connectivity index is 1.79. The van der Waals surface area contributed by atoms with Crippen LogP contribution < -0.4 is 9.47 Å². The average molecular weight is 639 g/mol. The van der Waals surface area contributed by atoms with Crippen molar-refractivity contribution in [3.8, 4) is 11.5 Å². The first kappa shape index (κ1) is 36.2. The molecule has 0 aromatic heterocycles. The fraction of sp³-hybridized carbons (Fsp3) is 0.543. The van der Waals surface area contributed by atoms with E-state index in [1.807, 2.05) is 20.8 Å². The molecule has 1 aliphatic rings. The number of benzene rings is 2. The van der Waals surface area contributed by atoms with Gasteiger partial charge in [0.05, 0.1) is 24.8 Å². The van der Waals surface area contributed by atoms with E-state index >= 15 is 0 Å². The molecule has 4 amide bonds. The lowest BCUT2D eigenvalue weighted by Crippen LogP contribution is -2.49. The Morgan fingerprint density at radius 2 is 1.61 bits per heavy atom. The molecular weight excluding hydrogens is 588 g/mol. The number of methoxy groups -OCH3 is 1. The molecule has 0 unspecified atom stereocenters. The number of carbonyl (C=O) groups is 4. The molecule has 0 aliphatic carbocycles. The molecule has 2 aromatic rings. The van der Waals surface area contributed by atoms with Gasteiger partial charge in [0.25, 0.3) is 11.8 Å². The minimum absolute atomic E-state index is 0.185. The van der Waals surface area contributed by atoms with Crippen LogP contribution in [0.4, 0.5) is 4.79 Å². The summed E-state index contributed by atoms with van der Waals surface area (Å²) in [5, 5.41) is 0. The molecule has 0 bridgehead atoms. The number of hydrogen-bond acceptors (Lipinski definition) is 7. The van der Waals surface area contributed by atoms with Crippen molar-refractivity contribution < 1.29 is 33.4 Å². The van der Waals surface area contributed by atoms with Crippen molar-refractivity contribution in [1.82, 2.24) is 19.6 Å². The van der Waals surface area contributed by atoms with Crippen molar-refractivity contribution in [2.75, 3.05) is 61.0 Å².